The van der Waals surface area contributed by atoms with Gasteiger partial charge in [0.2, 0.25) is 0 Å². The molecule has 2 rings (SSSR count). The highest BCUT2D eigenvalue weighted by molar-refractivity contribution is 7.52. The highest BCUT2D eigenvalue weighted by Crippen LogP contribution is 2.55. The maximum absolute atomic E-state index is 14.0. The molecule has 0 amide bonds. The van der Waals surface area contributed by atoms with Crippen molar-refractivity contribution in [1.82, 2.24) is 4.67 Å². The molecule has 0 spiro atoms. The van der Waals surface area contributed by atoms with Gasteiger partial charge in [-0.2, -0.15) is 61.7 Å². The van der Waals surface area contributed by atoms with Gasteiger partial charge >= 0.3 is 38.1 Å². The van der Waals surface area contributed by atoms with Crippen molar-refractivity contribution in [2.45, 2.75) is 30.4 Å². The maximum atomic E-state index is 14.0. The predicted molar refractivity (Wildman–Crippen MR) is 100 cm³/mol. The van der Waals surface area contributed by atoms with Crippen LogP contribution < -0.4 is 9.05 Å². The van der Waals surface area contributed by atoms with E-state index in [1.807, 2.05) is 0 Å². The molecule has 0 aromatic heterocycles. The highest BCUT2D eigenvalue weighted by atomic mass is 31.2. The van der Waals surface area contributed by atoms with Gasteiger partial charge in [-0.1, -0.05) is 12.1 Å². The molecule has 0 bridgehead atoms. The minimum Gasteiger partial charge on any atom is -0.404 e. The molecule has 0 aliphatic rings. The minimum atomic E-state index is -6.79. The van der Waals surface area contributed by atoms with E-state index in [0.717, 1.165) is 0 Å². The molecule has 0 fully saturated rings. The van der Waals surface area contributed by atoms with Gasteiger partial charge in [-0.25, -0.2) is 4.57 Å². The first kappa shape index (κ1) is 30.5. The summed E-state index contributed by atoms with van der Waals surface area (Å²) in [4.78, 5) is 0. The molecule has 0 atom stereocenters. The fraction of sp³-hybridized carbons (Fsp3) is 0.368. The third-order valence-electron chi connectivity index (χ3n) is 4.43. The van der Waals surface area contributed by atoms with Crippen molar-refractivity contribution in [3.8, 4) is 11.5 Å². The molecule has 4 nitrogen and oxygen atoms in total. The van der Waals surface area contributed by atoms with Crippen molar-refractivity contribution < 1.29 is 70.7 Å². The molecule has 2 aromatic carbocycles. The van der Waals surface area contributed by atoms with Gasteiger partial charge in [0.1, 0.15) is 11.5 Å². The van der Waals surface area contributed by atoms with Crippen LogP contribution >= 0.6 is 7.75 Å². The van der Waals surface area contributed by atoms with Crippen LogP contribution in [0.2, 0.25) is 0 Å². The van der Waals surface area contributed by atoms with Crippen molar-refractivity contribution in [3.63, 3.8) is 0 Å². The van der Waals surface area contributed by atoms with Crippen LogP contribution in [0.25, 0.3) is 0 Å². The van der Waals surface area contributed by atoms with E-state index in [2.05, 4.69) is 0 Å². The summed E-state index contributed by atoms with van der Waals surface area (Å²) in [6.07, 6.45) is -16.8. The van der Waals surface area contributed by atoms with Crippen LogP contribution in [-0.2, 0) is 16.9 Å². The second kappa shape index (κ2) is 9.89. The highest BCUT2D eigenvalue weighted by Gasteiger charge is 2.73. The third kappa shape index (κ3) is 7.00. The van der Waals surface area contributed by atoms with Crippen molar-refractivity contribution in [2.75, 3.05) is 13.6 Å². The van der Waals surface area contributed by atoms with E-state index in [-0.39, 0.29) is 19.2 Å². The summed E-state index contributed by atoms with van der Waals surface area (Å²) in [5.74, 6) is -14.8. The average molecular weight is 581 g/mol. The van der Waals surface area contributed by atoms with Gasteiger partial charge in [0.05, 0.1) is 17.7 Å². The molecular formula is C19H13F13NO3P. The molecule has 0 saturated carbocycles. The van der Waals surface area contributed by atoms with Gasteiger partial charge < -0.3 is 9.05 Å². The van der Waals surface area contributed by atoms with Crippen LogP contribution in [0.15, 0.2) is 48.5 Å². The van der Waals surface area contributed by atoms with Crippen molar-refractivity contribution in [3.05, 3.63) is 59.7 Å². The zero-order valence-corrected chi connectivity index (χ0v) is 18.8. The summed E-state index contributed by atoms with van der Waals surface area (Å²) in [6.45, 7) is -2.71. The number of hydrogen-bond donors (Lipinski definition) is 0. The Bertz CT molecular complexity index is 1080. The summed E-state index contributed by atoms with van der Waals surface area (Å²) in [5, 5.41) is 0. The van der Waals surface area contributed by atoms with Crippen LogP contribution in [0.3, 0.4) is 0 Å². The Morgan fingerprint density at radius 2 is 1.08 bits per heavy atom. The fourth-order valence-corrected chi connectivity index (χ4v) is 3.99. The van der Waals surface area contributed by atoms with Gasteiger partial charge in [0.25, 0.3) is 0 Å². The Morgan fingerprint density at radius 1 is 0.703 bits per heavy atom. The molecular weight excluding hydrogens is 568 g/mol. The lowest BCUT2D eigenvalue weighted by Crippen LogP contribution is -2.56. The van der Waals surface area contributed by atoms with Gasteiger partial charge in [0, 0.05) is 0 Å². The van der Waals surface area contributed by atoms with Crippen LogP contribution in [0.1, 0.15) is 11.1 Å². The molecule has 0 aliphatic heterocycles. The lowest BCUT2D eigenvalue weighted by Gasteiger charge is -2.33. The first-order chi connectivity index (χ1) is 16.5. The van der Waals surface area contributed by atoms with Gasteiger partial charge in [-0.3, -0.25) is 0 Å². The molecule has 208 valence electrons. The number of rotatable bonds is 8. The van der Waals surface area contributed by atoms with Gasteiger partial charge in [-0.05, 0) is 43.4 Å². The maximum Gasteiger partial charge on any atom is 0.515 e. The Hall–Kier alpha value is -2.68. The SMILES string of the molecule is CN(CC(F)(F)C(F)(F)C(F)(F)F)P(=O)(Oc1cccc(C(F)(F)F)c1)Oc1cccc(C(F)(F)F)c1. The van der Waals surface area contributed by atoms with Crippen LogP contribution in [-0.4, -0.2) is 36.3 Å². The summed E-state index contributed by atoms with van der Waals surface area (Å²) in [6, 6.07) is 3.91. The average Bonchev–Trinajstić information content (AvgIpc) is 2.71. The van der Waals surface area contributed by atoms with Gasteiger partial charge in [0.15, 0.2) is 0 Å². The number of benzene rings is 2. The summed E-state index contributed by atoms with van der Waals surface area (Å²) in [5.41, 5.74) is -2.90. The molecule has 2 aromatic rings. The van der Waals surface area contributed by atoms with E-state index >= 15 is 0 Å². The molecule has 0 saturated heterocycles. The Balaban J connectivity index is 2.54. The van der Waals surface area contributed by atoms with E-state index in [9.17, 15) is 61.6 Å². The Morgan fingerprint density at radius 3 is 1.41 bits per heavy atom. The second-order valence-corrected chi connectivity index (χ2v) is 9.28. The van der Waals surface area contributed by atoms with E-state index in [4.69, 9.17) is 9.05 Å². The van der Waals surface area contributed by atoms with E-state index in [0.29, 0.717) is 36.4 Å². The summed E-state index contributed by atoms with van der Waals surface area (Å²) < 4.78 is 192. The van der Waals surface area contributed by atoms with Crippen LogP contribution in [0.4, 0.5) is 57.1 Å². The predicted octanol–water partition coefficient (Wildman–Crippen LogP) is 8.05. The standard InChI is InChI=1S/C19H13F13NO3P/c1-33(10-15(20,21)18(28,29)19(30,31)32)37(34,35-13-6-2-4-11(8-13)16(22,23)24)36-14-7-3-5-12(9-14)17(25,26)27/h2-9H,10H2,1H3. The Kier molecular flexibility index (Phi) is 8.17. The van der Waals surface area contributed by atoms with Gasteiger partial charge in [-0.15, -0.1) is 0 Å². The Labute approximate surface area is 199 Å². The topological polar surface area (TPSA) is 38.8 Å². The van der Waals surface area contributed by atoms with Crippen LogP contribution in [0.5, 0.6) is 11.5 Å². The second-order valence-electron chi connectivity index (χ2n) is 7.29. The quantitative estimate of drug-likeness (QED) is 0.234. The number of nitrogens with zero attached hydrogens (tertiary/aromatic N) is 1. The van der Waals surface area contributed by atoms with E-state index in [1.165, 1.54) is 0 Å². The monoisotopic (exact) mass is 581 g/mol. The molecule has 0 aliphatic carbocycles. The molecule has 0 radical (unpaired) electrons. The zero-order chi connectivity index (χ0) is 28.7. The third-order valence-corrected chi connectivity index (χ3v) is 6.29. The molecule has 18 heteroatoms. The molecule has 37 heavy (non-hydrogen) atoms. The normalized spacial score (nSPS) is 14.1. The van der Waals surface area contributed by atoms with Crippen molar-refractivity contribution in [1.29, 1.82) is 0 Å². The summed E-state index contributed by atoms with van der Waals surface area (Å²) in [7, 11) is -5.47. The zero-order valence-electron chi connectivity index (χ0n) is 17.9. The first-order valence-electron chi connectivity index (χ1n) is 9.37. The fourth-order valence-electron chi connectivity index (χ4n) is 2.56. The lowest BCUT2D eigenvalue weighted by atomic mass is 10.1. The number of halogens is 13. The van der Waals surface area contributed by atoms with E-state index < -0.39 is 72.0 Å². The molecule has 0 unspecified atom stereocenters. The largest absolute Gasteiger partial charge is 0.515 e. The van der Waals surface area contributed by atoms with Crippen molar-refractivity contribution in [2.24, 2.45) is 0 Å². The van der Waals surface area contributed by atoms with Crippen molar-refractivity contribution >= 4 is 7.75 Å². The number of hydrogen-bond acceptors (Lipinski definition) is 3. The number of alkyl halides is 13. The smallest absolute Gasteiger partial charge is 0.404 e. The summed E-state index contributed by atoms with van der Waals surface area (Å²) >= 11 is 0. The molecule has 0 heterocycles. The lowest BCUT2D eigenvalue weighted by molar-refractivity contribution is -0.354. The minimum absolute atomic E-state index is 0.151. The molecule has 0 N–H and O–H groups in total. The van der Waals surface area contributed by atoms with E-state index in [1.54, 1.807) is 0 Å². The van der Waals surface area contributed by atoms with Crippen LogP contribution in [0, 0.1) is 0 Å². The first-order valence-corrected chi connectivity index (χ1v) is 10.9.